The summed E-state index contributed by atoms with van der Waals surface area (Å²) in [5.74, 6) is -1.19. The SMILES string of the molecule is CC(C)c1ccc(S(=O)(=O)N2CCC(C(=O)OCC(=O)OC(C)(C)C)CC2)cc1. The molecule has 1 aliphatic heterocycles. The maximum Gasteiger partial charge on any atom is 0.344 e. The molecule has 1 fully saturated rings. The van der Waals surface area contributed by atoms with Crippen LogP contribution in [-0.2, 0) is 29.1 Å². The van der Waals surface area contributed by atoms with Crippen LogP contribution in [0, 0.1) is 5.92 Å². The molecule has 0 bridgehead atoms. The van der Waals surface area contributed by atoms with Crippen molar-refractivity contribution in [3.63, 3.8) is 0 Å². The minimum Gasteiger partial charge on any atom is -0.457 e. The molecule has 1 aromatic rings. The summed E-state index contributed by atoms with van der Waals surface area (Å²) >= 11 is 0. The number of esters is 2. The van der Waals surface area contributed by atoms with Gasteiger partial charge in [-0.05, 0) is 57.2 Å². The van der Waals surface area contributed by atoms with Gasteiger partial charge in [-0.1, -0.05) is 26.0 Å². The molecule has 2 rings (SSSR count). The Morgan fingerprint density at radius 1 is 1.10 bits per heavy atom. The highest BCUT2D eigenvalue weighted by Gasteiger charge is 2.33. The molecule has 1 aliphatic rings. The summed E-state index contributed by atoms with van der Waals surface area (Å²) < 4.78 is 37.2. The fourth-order valence-electron chi connectivity index (χ4n) is 3.12. The lowest BCUT2D eigenvalue weighted by Crippen LogP contribution is -2.41. The molecule has 7 nitrogen and oxygen atoms in total. The van der Waals surface area contributed by atoms with E-state index in [0.29, 0.717) is 18.8 Å². The van der Waals surface area contributed by atoms with Gasteiger partial charge in [0.25, 0.3) is 0 Å². The Labute approximate surface area is 173 Å². The normalized spacial score (nSPS) is 16.6. The smallest absolute Gasteiger partial charge is 0.344 e. The molecule has 162 valence electrons. The Bertz CT molecular complexity index is 816. The lowest BCUT2D eigenvalue weighted by atomic mass is 9.98. The predicted octanol–water partition coefficient (Wildman–Crippen LogP) is 3.10. The first-order valence-corrected chi connectivity index (χ1v) is 11.3. The van der Waals surface area contributed by atoms with Gasteiger partial charge < -0.3 is 9.47 Å². The third-order valence-corrected chi connectivity index (χ3v) is 6.64. The summed E-state index contributed by atoms with van der Waals surface area (Å²) in [5.41, 5.74) is 0.437. The number of hydrogen-bond donors (Lipinski definition) is 0. The Hall–Kier alpha value is -1.93. The van der Waals surface area contributed by atoms with Crippen molar-refractivity contribution < 1.29 is 27.5 Å². The molecule has 0 atom stereocenters. The maximum atomic E-state index is 12.8. The Kier molecular flexibility index (Phi) is 7.45. The van der Waals surface area contributed by atoms with Gasteiger partial charge in [-0.25, -0.2) is 13.2 Å². The molecule has 1 saturated heterocycles. The van der Waals surface area contributed by atoms with Crippen LogP contribution in [0.2, 0.25) is 0 Å². The van der Waals surface area contributed by atoms with Crippen LogP contribution in [0.25, 0.3) is 0 Å². The monoisotopic (exact) mass is 425 g/mol. The molecule has 0 aromatic heterocycles. The van der Waals surface area contributed by atoms with E-state index in [-0.39, 0.29) is 18.0 Å². The van der Waals surface area contributed by atoms with Crippen molar-refractivity contribution in [2.24, 2.45) is 5.92 Å². The fraction of sp³-hybridized carbons (Fsp3) is 0.619. The number of carbonyl (C=O) groups is 2. The molecule has 0 N–H and O–H groups in total. The zero-order chi connectivity index (χ0) is 21.8. The average molecular weight is 426 g/mol. The van der Waals surface area contributed by atoms with E-state index in [9.17, 15) is 18.0 Å². The van der Waals surface area contributed by atoms with E-state index in [2.05, 4.69) is 13.8 Å². The largest absolute Gasteiger partial charge is 0.457 e. The molecule has 0 radical (unpaired) electrons. The van der Waals surface area contributed by atoms with Gasteiger partial charge in [0.05, 0.1) is 10.8 Å². The van der Waals surface area contributed by atoms with E-state index in [1.807, 2.05) is 12.1 Å². The number of carbonyl (C=O) groups excluding carboxylic acids is 2. The number of benzene rings is 1. The van der Waals surface area contributed by atoms with Crippen LogP contribution in [0.3, 0.4) is 0 Å². The summed E-state index contributed by atoms with van der Waals surface area (Å²) in [4.78, 5) is 24.1. The van der Waals surface area contributed by atoms with E-state index in [1.54, 1.807) is 32.9 Å². The van der Waals surface area contributed by atoms with Crippen molar-refractivity contribution in [3.8, 4) is 0 Å². The lowest BCUT2D eigenvalue weighted by Gasteiger charge is -2.30. The highest BCUT2D eigenvalue weighted by molar-refractivity contribution is 7.89. The lowest BCUT2D eigenvalue weighted by molar-refractivity contribution is -0.168. The van der Waals surface area contributed by atoms with Crippen molar-refractivity contribution in [1.29, 1.82) is 0 Å². The van der Waals surface area contributed by atoms with E-state index in [0.717, 1.165) is 5.56 Å². The second-order valence-corrected chi connectivity index (χ2v) is 10.5. The fourth-order valence-corrected chi connectivity index (χ4v) is 4.59. The molecule has 1 aromatic carbocycles. The van der Waals surface area contributed by atoms with Crippen molar-refractivity contribution in [2.75, 3.05) is 19.7 Å². The van der Waals surface area contributed by atoms with Crippen molar-refractivity contribution >= 4 is 22.0 Å². The summed E-state index contributed by atoms with van der Waals surface area (Å²) in [6, 6.07) is 6.92. The highest BCUT2D eigenvalue weighted by atomic mass is 32.2. The van der Waals surface area contributed by atoms with E-state index < -0.39 is 40.1 Å². The summed E-state index contributed by atoms with van der Waals surface area (Å²) in [5, 5.41) is 0. The van der Waals surface area contributed by atoms with Gasteiger partial charge in [-0.3, -0.25) is 4.79 Å². The highest BCUT2D eigenvalue weighted by Crippen LogP contribution is 2.26. The maximum absolute atomic E-state index is 12.8. The van der Waals surface area contributed by atoms with Crippen LogP contribution in [0.5, 0.6) is 0 Å². The number of piperidine rings is 1. The zero-order valence-corrected chi connectivity index (χ0v) is 18.6. The van der Waals surface area contributed by atoms with Crippen LogP contribution in [-0.4, -0.2) is 50.0 Å². The second kappa shape index (κ2) is 9.26. The van der Waals surface area contributed by atoms with Crippen molar-refractivity contribution in [3.05, 3.63) is 29.8 Å². The molecule has 8 heteroatoms. The Morgan fingerprint density at radius 2 is 1.66 bits per heavy atom. The first-order valence-electron chi connectivity index (χ1n) is 9.89. The summed E-state index contributed by atoms with van der Waals surface area (Å²) in [6.45, 7) is 9.35. The second-order valence-electron chi connectivity index (χ2n) is 8.60. The Balaban J connectivity index is 1.89. The number of ether oxygens (including phenoxy) is 2. The molecule has 0 unspecified atom stereocenters. The van der Waals surface area contributed by atoms with Crippen LogP contribution >= 0.6 is 0 Å². The molecule has 0 aliphatic carbocycles. The molecule has 0 spiro atoms. The van der Waals surface area contributed by atoms with Gasteiger partial charge in [0.2, 0.25) is 10.0 Å². The van der Waals surface area contributed by atoms with Crippen molar-refractivity contribution in [1.82, 2.24) is 4.31 Å². The van der Waals surface area contributed by atoms with E-state index >= 15 is 0 Å². The van der Waals surface area contributed by atoms with Gasteiger partial charge in [0.1, 0.15) is 5.60 Å². The minimum absolute atomic E-state index is 0.237. The number of sulfonamides is 1. The topological polar surface area (TPSA) is 90.0 Å². The van der Waals surface area contributed by atoms with E-state index in [1.165, 1.54) is 4.31 Å². The standard InChI is InChI=1S/C21H31NO6S/c1-15(2)16-6-8-18(9-7-16)29(25,26)22-12-10-17(11-13-22)20(24)27-14-19(23)28-21(3,4)5/h6-9,15,17H,10-14H2,1-5H3. The summed E-state index contributed by atoms with van der Waals surface area (Å²) in [7, 11) is -3.59. The zero-order valence-electron chi connectivity index (χ0n) is 17.8. The van der Waals surface area contributed by atoms with Gasteiger partial charge in [0, 0.05) is 13.1 Å². The number of nitrogens with zero attached hydrogens (tertiary/aromatic N) is 1. The van der Waals surface area contributed by atoms with Gasteiger partial charge in [-0.2, -0.15) is 4.31 Å². The molecule has 0 amide bonds. The quantitative estimate of drug-likeness (QED) is 0.651. The Morgan fingerprint density at radius 3 is 2.14 bits per heavy atom. The minimum atomic E-state index is -3.59. The molecular weight excluding hydrogens is 394 g/mol. The predicted molar refractivity (Wildman–Crippen MR) is 109 cm³/mol. The first-order chi connectivity index (χ1) is 13.4. The number of hydrogen-bond acceptors (Lipinski definition) is 6. The average Bonchev–Trinajstić information content (AvgIpc) is 2.65. The van der Waals surface area contributed by atoms with Crippen LogP contribution in [0.1, 0.15) is 58.9 Å². The number of rotatable bonds is 6. The molecule has 1 heterocycles. The van der Waals surface area contributed by atoms with Crippen LogP contribution < -0.4 is 0 Å². The van der Waals surface area contributed by atoms with Gasteiger partial charge in [-0.15, -0.1) is 0 Å². The van der Waals surface area contributed by atoms with Gasteiger partial charge >= 0.3 is 11.9 Å². The van der Waals surface area contributed by atoms with Crippen LogP contribution in [0.15, 0.2) is 29.2 Å². The molecular formula is C21H31NO6S. The summed E-state index contributed by atoms with van der Waals surface area (Å²) in [6.07, 6.45) is 0.715. The molecule has 29 heavy (non-hydrogen) atoms. The van der Waals surface area contributed by atoms with Crippen molar-refractivity contribution in [2.45, 2.75) is 63.9 Å². The first kappa shape index (κ1) is 23.3. The third-order valence-electron chi connectivity index (χ3n) is 4.72. The van der Waals surface area contributed by atoms with Crippen LogP contribution in [0.4, 0.5) is 0 Å². The molecule has 0 saturated carbocycles. The van der Waals surface area contributed by atoms with Gasteiger partial charge in [0.15, 0.2) is 6.61 Å². The third kappa shape index (κ3) is 6.54. The van der Waals surface area contributed by atoms with E-state index in [4.69, 9.17) is 9.47 Å².